The lowest BCUT2D eigenvalue weighted by molar-refractivity contribution is -0.116. The molecule has 3 aromatic rings. The number of hydrogen-bond acceptors (Lipinski definition) is 4. The van der Waals surface area contributed by atoms with Crippen LogP contribution in [0.3, 0.4) is 0 Å². The first kappa shape index (κ1) is 17.7. The quantitative estimate of drug-likeness (QED) is 0.738. The fourth-order valence-corrected chi connectivity index (χ4v) is 2.96. The van der Waals surface area contributed by atoms with E-state index in [-0.39, 0.29) is 18.0 Å². The first-order chi connectivity index (χ1) is 12.5. The second kappa shape index (κ2) is 7.43. The maximum Gasteiger partial charge on any atom is 0.329 e. The molecule has 136 valence electrons. The second-order valence-corrected chi connectivity index (χ2v) is 6.26. The number of carbonyl (C=O) groups excluding carboxylic acids is 1. The van der Waals surface area contributed by atoms with Crippen molar-refractivity contribution in [1.29, 1.82) is 0 Å². The van der Waals surface area contributed by atoms with Crippen molar-refractivity contribution >= 4 is 28.4 Å². The molecule has 0 aliphatic carbocycles. The molecule has 26 heavy (non-hydrogen) atoms. The molecule has 0 spiro atoms. The van der Waals surface area contributed by atoms with Crippen molar-refractivity contribution in [3.05, 3.63) is 53.1 Å². The van der Waals surface area contributed by atoms with E-state index in [9.17, 15) is 9.59 Å². The van der Waals surface area contributed by atoms with Gasteiger partial charge in [-0.25, -0.2) is 9.78 Å². The van der Waals surface area contributed by atoms with Gasteiger partial charge >= 0.3 is 5.69 Å². The molecule has 3 rings (SSSR count). The van der Waals surface area contributed by atoms with Crippen LogP contribution in [0.4, 0.5) is 11.5 Å². The molecule has 7 nitrogen and oxygen atoms in total. The number of aryl methyl sites for hydroxylation is 2. The Labute approximate surface area is 151 Å². The van der Waals surface area contributed by atoms with Gasteiger partial charge in [-0.05, 0) is 31.2 Å². The largest absolute Gasteiger partial charge is 0.363 e. The smallest absolute Gasteiger partial charge is 0.329 e. The molecule has 0 radical (unpaired) electrons. The number of aromatic nitrogens is 3. The summed E-state index contributed by atoms with van der Waals surface area (Å²) in [6.45, 7) is 2.87. The monoisotopic (exact) mass is 353 g/mol. The third-order valence-electron chi connectivity index (χ3n) is 4.29. The van der Waals surface area contributed by atoms with E-state index in [4.69, 9.17) is 0 Å². The molecule has 0 saturated carbocycles. The van der Waals surface area contributed by atoms with E-state index in [0.717, 1.165) is 16.9 Å². The Kier molecular flexibility index (Phi) is 5.06. The highest BCUT2D eigenvalue weighted by atomic mass is 16.2. The summed E-state index contributed by atoms with van der Waals surface area (Å²) in [7, 11) is 3.82. The lowest BCUT2D eigenvalue weighted by atomic mass is 10.3. The minimum atomic E-state index is -0.148. The number of carbonyl (C=O) groups is 1. The van der Waals surface area contributed by atoms with E-state index >= 15 is 0 Å². The zero-order chi connectivity index (χ0) is 18.7. The summed E-state index contributed by atoms with van der Waals surface area (Å²) in [6.07, 6.45) is 1.84. The molecule has 0 aliphatic rings. The molecular formula is C19H23N5O2. The second-order valence-electron chi connectivity index (χ2n) is 6.26. The number of anilines is 2. The van der Waals surface area contributed by atoms with Crippen molar-refractivity contribution < 1.29 is 4.79 Å². The topological polar surface area (TPSA) is 72.2 Å². The normalized spacial score (nSPS) is 10.9. The number of rotatable bonds is 6. The SMILES string of the molecule is CCn1c(=O)n(CCC(=O)Nc2ccc(N(C)C)nc2)c2ccccc21. The maximum atomic E-state index is 12.6. The van der Waals surface area contributed by atoms with Gasteiger partial charge in [0, 0.05) is 33.6 Å². The van der Waals surface area contributed by atoms with Crippen LogP contribution in [0.2, 0.25) is 0 Å². The van der Waals surface area contributed by atoms with Gasteiger partial charge in [0.1, 0.15) is 5.82 Å². The van der Waals surface area contributed by atoms with E-state index in [1.165, 1.54) is 0 Å². The van der Waals surface area contributed by atoms with Crippen LogP contribution in [0.5, 0.6) is 0 Å². The number of nitrogens with one attached hydrogen (secondary N) is 1. The Bertz CT molecular complexity index is 970. The minimum absolute atomic E-state index is 0.0847. The van der Waals surface area contributed by atoms with Crippen molar-refractivity contribution in [1.82, 2.24) is 14.1 Å². The van der Waals surface area contributed by atoms with Gasteiger partial charge in [-0.15, -0.1) is 0 Å². The molecule has 2 aromatic heterocycles. The molecule has 2 heterocycles. The van der Waals surface area contributed by atoms with Gasteiger partial charge in [0.15, 0.2) is 0 Å². The molecule has 0 unspecified atom stereocenters. The molecule has 7 heteroatoms. The molecule has 1 aromatic carbocycles. The van der Waals surface area contributed by atoms with Crippen molar-refractivity contribution in [2.24, 2.45) is 0 Å². The zero-order valence-electron chi connectivity index (χ0n) is 15.3. The summed E-state index contributed by atoms with van der Waals surface area (Å²) < 4.78 is 3.38. The summed E-state index contributed by atoms with van der Waals surface area (Å²) >= 11 is 0. The fourth-order valence-electron chi connectivity index (χ4n) is 2.96. The number of benzene rings is 1. The van der Waals surface area contributed by atoms with Crippen LogP contribution in [0, 0.1) is 0 Å². The molecular weight excluding hydrogens is 330 g/mol. The third-order valence-corrected chi connectivity index (χ3v) is 4.29. The van der Waals surface area contributed by atoms with Gasteiger partial charge in [-0.1, -0.05) is 12.1 Å². The third kappa shape index (κ3) is 3.46. The van der Waals surface area contributed by atoms with Crippen LogP contribution in [0.25, 0.3) is 11.0 Å². The number of amides is 1. The predicted octanol–water partition coefficient (Wildman–Crippen LogP) is 2.31. The Morgan fingerprint density at radius 2 is 1.81 bits per heavy atom. The highest BCUT2D eigenvalue weighted by Gasteiger charge is 2.13. The standard InChI is InChI=1S/C19H23N5O2/c1-4-23-15-7-5-6-8-16(15)24(19(23)26)12-11-18(25)21-14-9-10-17(20-13-14)22(2)3/h5-10,13H,4,11-12H2,1-3H3,(H,21,25). The molecule has 0 aliphatic heterocycles. The first-order valence-corrected chi connectivity index (χ1v) is 8.62. The fraction of sp³-hybridized carbons (Fsp3) is 0.316. The first-order valence-electron chi connectivity index (χ1n) is 8.62. The Balaban J connectivity index is 1.71. The highest BCUT2D eigenvalue weighted by Crippen LogP contribution is 2.14. The lowest BCUT2D eigenvalue weighted by Crippen LogP contribution is -2.25. The lowest BCUT2D eigenvalue weighted by Gasteiger charge is -2.11. The number of para-hydroxylation sites is 2. The summed E-state index contributed by atoms with van der Waals surface area (Å²) in [5, 5.41) is 2.82. The van der Waals surface area contributed by atoms with E-state index in [1.807, 2.05) is 62.3 Å². The number of pyridine rings is 1. The summed E-state index contributed by atoms with van der Waals surface area (Å²) in [5.74, 6) is 0.673. The number of nitrogens with zero attached hydrogens (tertiary/aromatic N) is 4. The average molecular weight is 353 g/mol. The van der Waals surface area contributed by atoms with Crippen LogP contribution in [-0.2, 0) is 17.9 Å². The van der Waals surface area contributed by atoms with Gasteiger partial charge in [0.2, 0.25) is 5.91 Å². The summed E-state index contributed by atoms with van der Waals surface area (Å²) in [6, 6.07) is 11.3. The van der Waals surface area contributed by atoms with Gasteiger partial charge in [-0.2, -0.15) is 0 Å². The Morgan fingerprint density at radius 3 is 2.38 bits per heavy atom. The number of imidazole rings is 1. The molecule has 0 saturated heterocycles. The van der Waals surface area contributed by atoms with Crippen molar-refractivity contribution in [2.45, 2.75) is 26.4 Å². The predicted molar refractivity (Wildman–Crippen MR) is 104 cm³/mol. The van der Waals surface area contributed by atoms with Crippen molar-refractivity contribution in [2.75, 3.05) is 24.3 Å². The van der Waals surface area contributed by atoms with Crippen LogP contribution >= 0.6 is 0 Å². The van der Waals surface area contributed by atoms with E-state index < -0.39 is 0 Å². The van der Waals surface area contributed by atoms with Gasteiger partial charge in [0.25, 0.3) is 0 Å². The van der Waals surface area contributed by atoms with Gasteiger partial charge in [-0.3, -0.25) is 13.9 Å². The van der Waals surface area contributed by atoms with Crippen LogP contribution < -0.4 is 15.9 Å². The van der Waals surface area contributed by atoms with Crippen LogP contribution in [0.1, 0.15) is 13.3 Å². The highest BCUT2D eigenvalue weighted by molar-refractivity contribution is 5.90. The van der Waals surface area contributed by atoms with Gasteiger partial charge < -0.3 is 10.2 Å². The van der Waals surface area contributed by atoms with Gasteiger partial charge in [0.05, 0.1) is 22.9 Å². The molecule has 0 atom stereocenters. The Hall–Kier alpha value is -3.09. The molecule has 0 fully saturated rings. The molecule has 0 bridgehead atoms. The number of hydrogen-bond donors (Lipinski definition) is 1. The van der Waals surface area contributed by atoms with E-state index in [0.29, 0.717) is 18.8 Å². The minimum Gasteiger partial charge on any atom is -0.363 e. The van der Waals surface area contributed by atoms with E-state index in [1.54, 1.807) is 15.3 Å². The summed E-state index contributed by atoms with van der Waals surface area (Å²) in [5.41, 5.74) is 2.30. The number of fused-ring (bicyclic) bond motifs is 1. The maximum absolute atomic E-state index is 12.6. The molecule has 1 N–H and O–H groups in total. The Morgan fingerprint density at radius 1 is 1.12 bits per heavy atom. The van der Waals surface area contributed by atoms with E-state index in [2.05, 4.69) is 10.3 Å². The van der Waals surface area contributed by atoms with Crippen molar-refractivity contribution in [3.8, 4) is 0 Å². The van der Waals surface area contributed by atoms with Crippen LogP contribution in [0.15, 0.2) is 47.4 Å². The average Bonchev–Trinajstić information content (AvgIpc) is 2.91. The summed E-state index contributed by atoms with van der Waals surface area (Å²) in [4.78, 5) is 31.0. The zero-order valence-corrected chi connectivity index (χ0v) is 15.3. The molecule has 1 amide bonds. The van der Waals surface area contributed by atoms with Crippen LogP contribution in [-0.4, -0.2) is 34.1 Å². The van der Waals surface area contributed by atoms with Crippen molar-refractivity contribution in [3.63, 3.8) is 0 Å².